The molecule has 4 N–H and O–H groups in total. The normalized spacial score (nSPS) is 19.0. The molecular formula is C17H19N5O2S. The Kier molecular flexibility index (Phi) is 4.48. The van der Waals surface area contributed by atoms with Crippen LogP contribution in [0.15, 0.2) is 29.8 Å². The summed E-state index contributed by atoms with van der Waals surface area (Å²) in [6.07, 6.45) is 2.75. The molecule has 0 radical (unpaired) electrons. The number of nitrogens with one attached hydrogen (secondary N) is 3. The first-order valence-electron chi connectivity index (χ1n) is 8.30. The van der Waals surface area contributed by atoms with E-state index >= 15 is 0 Å². The maximum absolute atomic E-state index is 12.7. The van der Waals surface area contributed by atoms with Crippen LogP contribution in [0.4, 0.5) is 0 Å². The molecule has 1 unspecified atom stereocenters. The molecule has 0 aromatic carbocycles. The summed E-state index contributed by atoms with van der Waals surface area (Å²) in [6.45, 7) is 1.78. The Balaban J connectivity index is 1.62. The molecular weight excluding hydrogens is 338 g/mol. The van der Waals surface area contributed by atoms with Gasteiger partial charge in [-0.15, -0.1) is 11.3 Å². The number of aliphatic hydroxyl groups is 1. The number of nitrogens with zero attached hydrogens (tertiary/aromatic N) is 2. The molecule has 1 saturated heterocycles. The fraction of sp³-hybridized carbons (Fsp3) is 0.353. The highest BCUT2D eigenvalue weighted by Crippen LogP contribution is 2.26. The van der Waals surface area contributed by atoms with Crippen LogP contribution in [0.1, 0.15) is 40.0 Å². The van der Waals surface area contributed by atoms with Crippen molar-refractivity contribution < 1.29 is 9.90 Å². The molecule has 1 aliphatic heterocycles. The van der Waals surface area contributed by atoms with E-state index in [4.69, 9.17) is 0 Å². The number of imidazole rings is 1. The van der Waals surface area contributed by atoms with Gasteiger partial charge in [0, 0.05) is 23.7 Å². The maximum Gasteiger partial charge on any atom is 0.253 e. The quantitative estimate of drug-likeness (QED) is 0.568. The fourth-order valence-corrected chi connectivity index (χ4v) is 3.77. The summed E-state index contributed by atoms with van der Waals surface area (Å²) in [6, 6.07) is 5.51. The summed E-state index contributed by atoms with van der Waals surface area (Å²) in [5.41, 5.74) is 1.45. The first kappa shape index (κ1) is 16.2. The highest BCUT2D eigenvalue weighted by atomic mass is 32.1. The topological polar surface area (TPSA) is 103 Å². The lowest BCUT2D eigenvalue weighted by atomic mass is 10.1. The zero-order valence-electron chi connectivity index (χ0n) is 13.5. The third kappa shape index (κ3) is 3.28. The van der Waals surface area contributed by atoms with Crippen molar-refractivity contribution >= 4 is 28.4 Å². The van der Waals surface area contributed by atoms with Crippen LogP contribution in [0.25, 0.3) is 11.2 Å². The lowest BCUT2D eigenvalue weighted by Crippen LogP contribution is -2.45. The molecule has 4 rings (SSSR count). The van der Waals surface area contributed by atoms with Crippen LogP contribution in [0, 0.1) is 0 Å². The lowest BCUT2D eigenvalue weighted by Gasteiger charge is -2.23. The number of aliphatic hydroxyl groups excluding tert-OH is 1. The molecule has 4 heterocycles. The van der Waals surface area contributed by atoms with Crippen LogP contribution in [-0.4, -0.2) is 45.1 Å². The number of aromatic amines is 1. The summed E-state index contributed by atoms with van der Waals surface area (Å²) < 4.78 is 0. The summed E-state index contributed by atoms with van der Waals surface area (Å²) >= 11 is 1.45. The molecule has 25 heavy (non-hydrogen) atoms. The fourth-order valence-electron chi connectivity index (χ4n) is 3.06. The standard InChI is InChI=1S/C17H19N5O2S/c23-14(12-4-2-8-25-12)16-21-13-11(5-7-19-15(13)22-16)17(24)20-10-3-1-6-18-9-10/h2,4-5,7-8,10,14,18,23H,1,3,6,9H2,(H,20,24)(H,19,21,22)/t10-,14?/m0/s1. The molecule has 0 spiro atoms. The second-order valence-electron chi connectivity index (χ2n) is 6.11. The minimum Gasteiger partial charge on any atom is -0.380 e. The predicted octanol–water partition coefficient (Wildman–Crippen LogP) is 1.58. The molecule has 1 amide bonds. The number of H-pyrrole nitrogens is 1. The van der Waals surface area contributed by atoms with Crippen molar-refractivity contribution in [3.05, 3.63) is 46.0 Å². The van der Waals surface area contributed by atoms with E-state index in [1.54, 1.807) is 12.3 Å². The van der Waals surface area contributed by atoms with Gasteiger partial charge in [-0.1, -0.05) is 6.07 Å². The zero-order chi connectivity index (χ0) is 17.2. The van der Waals surface area contributed by atoms with E-state index in [1.165, 1.54) is 11.3 Å². The minimum atomic E-state index is -0.854. The van der Waals surface area contributed by atoms with Gasteiger partial charge in [-0.2, -0.15) is 0 Å². The number of hydrogen-bond donors (Lipinski definition) is 4. The van der Waals surface area contributed by atoms with Gasteiger partial charge in [0.2, 0.25) is 0 Å². The van der Waals surface area contributed by atoms with Gasteiger partial charge >= 0.3 is 0 Å². The molecule has 3 aromatic rings. The van der Waals surface area contributed by atoms with Crippen molar-refractivity contribution in [2.45, 2.75) is 25.0 Å². The molecule has 1 aliphatic rings. The summed E-state index contributed by atoms with van der Waals surface area (Å²) in [5, 5.41) is 18.7. The van der Waals surface area contributed by atoms with E-state index in [-0.39, 0.29) is 11.9 Å². The van der Waals surface area contributed by atoms with E-state index < -0.39 is 6.10 Å². The smallest absolute Gasteiger partial charge is 0.253 e. The number of thiophene rings is 1. The van der Waals surface area contributed by atoms with E-state index in [1.807, 2.05) is 17.5 Å². The van der Waals surface area contributed by atoms with Gasteiger partial charge in [0.15, 0.2) is 5.65 Å². The van der Waals surface area contributed by atoms with Crippen molar-refractivity contribution in [2.24, 2.45) is 0 Å². The maximum atomic E-state index is 12.7. The lowest BCUT2D eigenvalue weighted by molar-refractivity contribution is 0.0932. The second-order valence-corrected chi connectivity index (χ2v) is 7.09. The Labute approximate surface area is 148 Å². The molecule has 0 aliphatic carbocycles. The largest absolute Gasteiger partial charge is 0.380 e. The Morgan fingerprint density at radius 2 is 2.36 bits per heavy atom. The number of amides is 1. The summed E-state index contributed by atoms with van der Waals surface area (Å²) in [5.74, 6) is 0.231. The molecule has 0 bridgehead atoms. The number of piperidine rings is 1. The van der Waals surface area contributed by atoms with E-state index in [0.29, 0.717) is 22.6 Å². The highest BCUT2D eigenvalue weighted by Gasteiger charge is 2.22. The van der Waals surface area contributed by atoms with Crippen LogP contribution in [0.3, 0.4) is 0 Å². The third-order valence-electron chi connectivity index (χ3n) is 4.35. The van der Waals surface area contributed by atoms with Crippen molar-refractivity contribution in [1.29, 1.82) is 0 Å². The Morgan fingerprint density at radius 1 is 1.44 bits per heavy atom. The van der Waals surface area contributed by atoms with Gasteiger partial charge < -0.3 is 20.7 Å². The van der Waals surface area contributed by atoms with Crippen LogP contribution in [0.2, 0.25) is 0 Å². The second kappa shape index (κ2) is 6.91. The van der Waals surface area contributed by atoms with Crippen LogP contribution in [-0.2, 0) is 0 Å². The van der Waals surface area contributed by atoms with Crippen LogP contribution >= 0.6 is 11.3 Å². The Bertz CT molecular complexity index is 870. The molecule has 2 atom stereocenters. The van der Waals surface area contributed by atoms with Gasteiger partial charge in [0.25, 0.3) is 5.91 Å². The number of fused-ring (bicyclic) bond motifs is 1. The predicted molar refractivity (Wildman–Crippen MR) is 95.6 cm³/mol. The molecule has 8 heteroatoms. The van der Waals surface area contributed by atoms with Crippen molar-refractivity contribution in [1.82, 2.24) is 25.6 Å². The van der Waals surface area contributed by atoms with Crippen molar-refractivity contribution in [2.75, 3.05) is 13.1 Å². The minimum absolute atomic E-state index is 0.125. The van der Waals surface area contributed by atoms with Gasteiger partial charge in [0.1, 0.15) is 17.4 Å². The van der Waals surface area contributed by atoms with E-state index in [9.17, 15) is 9.90 Å². The van der Waals surface area contributed by atoms with Gasteiger partial charge in [-0.05, 0) is 36.9 Å². The number of carbonyl (C=O) groups excluding carboxylic acids is 1. The van der Waals surface area contributed by atoms with Crippen molar-refractivity contribution in [3.8, 4) is 0 Å². The molecule has 3 aromatic heterocycles. The zero-order valence-corrected chi connectivity index (χ0v) is 14.3. The summed E-state index contributed by atoms with van der Waals surface area (Å²) in [7, 11) is 0. The Hall–Kier alpha value is -2.29. The van der Waals surface area contributed by atoms with Crippen molar-refractivity contribution in [3.63, 3.8) is 0 Å². The highest BCUT2D eigenvalue weighted by molar-refractivity contribution is 7.10. The SMILES string of the molecule is O=C(N[C@H]1CCCNC1)c1ccnc2[nH]c(C(O)c3cccs3)nc12. The van der Waals surface area contributed by atoms with Gasteiger partial charge in [-0.3, -0.25) is 4.79 Å². The first-order valence-corrected chi connectivity index (χ1v) is 9.18. The Morgan fingerprint density at radius 3 is 3.12 bits per heavy atom. The van der Waals surface area contributed by atoms with Crippen LogP contribution in [0.5, 0.6) is 0 Å². The van der Waals surface area contributed by atoms with Gasteiger partial charge in [0.05, 0.1) is 5.56 Å². The number of hydrogen-bond acceptors (Lipinski definition) is 6. The first-order chi connectivity index (χ1) is 12.2. The van der Waals surface area contributed by atoms with E-state index in [2.05, 4.69) is 25.6 Å². The molecule has 0 saturated carbocycles. The molecule has 1 fully saturated rings. The van der Waals surface area contributed by atoms with Gasteiger partial charge in [-0.25, -0.2) is 9.97 Å². The number of carbonyl (C=O) groups is 1. The third-order valence-corrected chi connectivity index (χ3v) is 5.28. The number of rotatable bonds is 4. The van der Waals surface area contributed by atoms with Crippen LogP contribution < -0.4 is 10.6 Å². The number of aromatic nitrogens is 3. The average Bonchev–Trinajstić information content (AvgIpc) is 3.31. The van der Waals surface area contributed by atoms with E-state index in [0.717, 1.165) is 30.8 Å². The molecule has 130 valence electrons. The summed E-state index contributed by atoms with van der Waals surface area (Å²) in [4.78, 5) is 25.2. The molecule has 7 nitrogen and oxygen atoms in total. The average molecular weight is 357 g/mol. The number of pyridine rings is 1. The monoisotopic (exact) mass is 357 g/mol.